The average Bonchev–Trinajstić information content (AvgIpc) is 3.28. The van der Waals surface area contributed by atoms with E-state index >= 15 is 0 Å². The van der Waals surface area contributed by atoms with E-state index in [4.69, 9.17) is 14.9 Å². The Balaban J connectivity index is 0.00000342. The smallest absolute Gasteiger partial charge is 0.229 e. The van der Waals surface area contributed by atoms with E-state index in [0.29, 0.717) is 43.7 Å². The molecule has 176 valence electrons. The minimum Gasteiger partial charge on any atom is -0.491 e. The molecule has 0 unspecified atom stereocenters. The highest BCUT2D eigenvalue weighted by Gasteiger charge is 2.09. The van der Waals surface area contributed by atoms with Gasteiger partial charge in [-0.2, -0.15) is 10.1 Å². The van der Waals surface area contributed by atoms with Crippen molar-refractivity contribution in [2.45, 2.75) is 13.2 Å². The molecule has 9 heteroatoms. The maximum atomic E-state index is 7.68. The standard InChI is InChI=1S/C25H27N7O2.H2/c1-32-17-22(16-29-32)30-25-28-15-21(13-26)24(31-25)27-14-20-9-5-6-10-23(20)34-12-11-33-18-19-7-3-2-4-8-19;/h2-10,13,15-17,26H,11-12,14,18H2,1H3,(H2,27,28,30,31);1H. The largest absolute Gasteiger partial charge is 0.491 e. The van der Waals surface area contributed by atoms with Gasteiger partial charge in [-0.1, -0.05) is 48.5 Å². The number of rotatable bonds is 12. The van der Waals surface area contributed by atoms with Gasteiger partial charge in [0.05, 0.1) is 30.7 Å². The van der Waals surface area contributed by atoms with Crippen molar-refractivity contribution in [3.8, 4) is 5.75 Å². The van der Waals surface area contributed by atoms with Gasteiger partial charge in [-0.05, 0) is 11.6 Å². The quantitative estimate of drug-likeness (QED) is 0.213. The molecule has 0 aliphatic heterocycles. The number of aryl methyl sites for hydroxylation is 1. The molecule has 0 radical (unpaired) electrons. The Hall–Kier alpha value is -4.24. The van der Waals surface area contributed by atoms with Crippen molar-refractivity contribution in [3.05, 3.63) is 89.9 Å². The molecule has 0 bridgehead atoms. The highest BCUT2D eigenvalue weighted by atomic mass is 16.5. The summed E-state index contributed by atoms with van der Waals surface area (Å²) >= 11 is 0. The number of anilines is 3. The zero-order valence-corrected chi connectivity index (χ0v) is 18.9. The van der Waals surface area contributed by atoms with E-state index < -0.39 is 0 Å². The molecular weight excluding hydrogens is 430 g/mol. The van der Waals surface area contributed by atoms with Crippen LogP contribution >= 0.6 is 0 Å². The molecule has 4 rings (SSSR count). The van der Waals surface area contributed by atoms with Gasteiger partial charge in [-0.25, -0.2) is 4.98 Å². The van der Waals surface area contributed by atoms with Gasteiger partial charge in [0, 0.05) is 39.2 Å². The fourth-order valence-corrected chi connectivity index (χ4v) is 3.26. The van der Waals surface area contributed by atoms with Crippen molar-refractivity contribution in [1.29, 1.82) is 5.41 Å². The number of hydrogen-bond donors (Lipinski definition) is 3. The number of para-hydroxylation sites is 1. The second-order valence-electron chi connectivity index (χ2n) is 7.52. The normalized spacial score (nSPS) is 10.6. The van der Waals surface area contributed by atoms with Gasteiger partial charge in [0.15, 0.2) is 0 Å². The van der Waals surface area contributed by atoms with Crippen LogP contribution in [-0.4, -0.2) is 39.2 Å². The summed E-state index contributed by atoms with van der Waals surface area (Å²) in [6.45, 7) is 1.97. The van der Waals surface area contributed by atoms with Crippen molar-refractivity contribution in [3.63, 3.8) is 0 Å². The van der Waals surface area contributed by atoms with Crippen LogP contribution in [0.5, 0.6) is 5.75 Å². The first kappa shape index (κ1) is 22.9. The van der Waals surface area contributed by atoms with Gasteiger partial charge in [0.25, 0.3) is 0 Å². The summed E-state index contributed by atoms with van der Waals surface area (Å²) in [4.78, 5) is 8.80. The van der Waals surface area contributed by atoms with Gasteiger partial charge >= 0.3 is 0 Å². The first-order chi connectivity index (χ1) is 16.7. The molecule has 0 amide bonds. The lowest BCUT2D eigenvalue weighted by molar-refractivity contribution is 0.0886. The molecule has 4 aromatic rings. The third-order valence-electron chi connectivity index (χ3n) is 4.95. The Bertz CT molecular complexity index is 1220. The lowest BCUT2D eigenvalue weighted by Crippen LogP contribution is -2.11. The summed E-state index contributed by atoms with van der Waals surface area (Å²) < 4.78 is 13.4. The number of nitrogens with zero attached hydrogens (tertiary/aromatic N) is 4. The molecule has 9 nitrogen and oxygen atoms in total. The Kier molecular flexibility index (Phi) is 7.81. The number of hydrogen-bond acceptors (Lipinski definition) is 8. The van der Waals surface area contributed by atoms with E-state index in [0.717, 1.165) is 22.6 Å². The summed E-state index contributed by atoms with van der Waals surface area (Å²) in [5, 5.41) is 18.2. The first-order valence-corrected chi connectivity index (χ1v) is 10.9. The summed E-state index contributed by atoms with van der Waals surface area (Å²) in [5.74, 6) is 1.75. The van der Waals surface area contributed by atoms with Crippen LogP contribution in [0, 0.1) is 5.41 Å². The SMILES string of the molecule is Cn1cc(Nc2ncc(C=N)c(NCc3ccccc3OCCOCc3ccccc3)n2)cn1.[HH]. The minimum atomic E-state index is 0. The van der Waals surface area contributed by atoms with Crippen molar-refractivity contribution < 1.29 is 10.9 Å². The number of benzene rings is 2. The molecule has 2 heterocycles. The van der Waals surface area contributed by atoms with E-state index in [9.17, 15) is 0 Å². The minimum absolute atomic E-state index is 0. The van der Waals surface area contributed by atoms with E-state index in [2.05, 4.69) is 25.7 Å². The van der Waals surface area contributed by atoms with Crippen LogP contribution in [0.4, 0.5) is 17.5 Å². The molecule has 3 N–H and O–H groups in total. The van der Waals surface area contributed by atoms with Crippen LogP contribution in [0.15, 0.2) is 73.2 Å². The van der Waals surface area contributed by atoms with E-state index in [1.165, 1.54) is 6.21 Å². The zero-order valence-electron chi connectivity index (χ0n) is 18.9. The number of ether oxygens (including phenoxy) is 2. The topological polar surface area (TPSA) is 110 Å². The summed E-state index contributed by atoms with van der Waals surface area (Å²) in [6, 6.07) is 17.9. The maximum absolute atomic E-state index is 7.68. The van der Waals surface area contributed by atoms with Crippen molar-refractivity contribution in [2.75, 3.05) is 23.8 Å². The molecule has 0 saturated carbocycles. The third kappa shape index (κ3) is 6.39. The Morgan fingerprint density at radius 2 is 1.88 bits per heavy atom. The molecule has 0 aliphatic carbocycles. The van der Waals surface area contributed by atoms with Gasteiger partial charge < -0.3 is 25.5 Å². The highest BCUT2D eigenvalue weighted by molar-refractivity contribution is 5.84. The molecular formula is C25H29N7O2. The van der Waals surface area contributed by atoms with Crippen molar-refractivity contribution >= 4 is 23.7 Å². The fraction of sp³-hybridized carbons (Fsp3) is 0.200. The zero-order chi connectivity index (χ0) is 23.6. The highest BCUT2D eigenvalue weighted by Crippen LogP contribution is 2.21. The molecule has 34 heavy (non-hydrogen) atoms. The molecule has 0 atom stereocenters. The van der Waals surface area contributed by atoms with Gasteiger partial charge in [-0.3, -0.25) is 4.68 Å². The van der Waals surface area contributed by atoms with Crippen LogP contribution in [0.2, 0.25) is 0 Å². The monoisotopic (exact) mass is 459 g/mol. The second-order valence-corrected chi connectivity index (χ2v) is 7.52. The van der Waals surface area contributed by atoms with Gasteiger partial charge in [-0.15, -0.1) is 0 Å². The van der Waals surface area contributed by atoms with Gasteiger partial charge in [0.1, 0.15) is 18.2 Å². The molecule has 0 spiro atoms. The predicted octanol–water partition coefficient (Wildman–Crippen LogP) is 4.41. The molecule has 2 aromatic carbocycles. The lowest BCUT2D eigenvalue weighted by atomic mass is 10.2. The summed E-state index contributed by atoms with van der Waals surface area (Å²) in [5.41, 5.74) is 3.48. The third-order valence-corrected chi connectivity index (χ3v) is 4.95. The van der Waals surface area contributed by atoms with Crippen LogP contribution in [0.25, 0.3) is 0 Å². The number of nitrogens with one attached hydrogen (secondary N) is 3. The van der Waals surface area contributed by atoms with E-state index in [-0.39, 0.29) is 1.43 Å². The molecule has 2 aromatic heterocycles. The van der Waals surface area contributed by atoms with Crippen LogP contribution < -0.4 is 15.4 Å². The van der Waals surface area contributed by atoms with Crippen molar-refractivity contribution in [1.82, 2.24) is 19.7 Å². The molecule has 0 fully saturated rings. The Morgan fingerprint density at radius 3 is 2.68 bits per heavy atom. The Morgan fingerprint density at radius 1 is 1.06 bits per heavy atom. The number of aromatic nitrogens is 4. The second kappa shape index (κ2) is 11.6. The van der Waals surface area contributed by atoms with Crippen LogP contribution in [-0.2, 0) is 24.9 Å². The first-order valence-electron chi connectivity index (χ1n) is 10.9. The van der Waals surface area contributed by atoms with Gasteiger partial charge in [0.2, 0.25) is 5.95 Å². The summed E-state index contributed by atoms with van der Waals surface area (Å²) in [6.07, 6.45) is 6.35. The Labute approximate surface area is 199 Å². The predicted molar refractivity (Wildman–Crippen MR) is 134 cm³/mol. The average molecular weight is 460 g/mol. The molecule has 0 aliphatic rings. The van der Waals surface area contributed by atoms with Crippen LogP contribution in [0.1, 0.15) is 18.1 Å². The van der Waals surface area contributed by atoms with Crippen molar-refractivity contribution in [2.24, 2.45) is 7.05 Å². The van der Waals surface area contributed by atoms with Crippen LogP contribution in [0.3, 0.4) is 0 Å². The summed E-state index contributed by atoms with van der Waals surface area (Å²) in [7, 11) is 1.84. The lowest BCUT2D eigenvalue weighted by Gasteiger charge is -2.14. The fourth-order valence-electron chi connectivity index (χ4n) is 3.26. The maximum Gasteiger partial charge on any atom is 0.229 e. The molecule has 0 saturated heterocycles. The van der Waals surface area contributed by atoms with E-state index in [1.807, 2.05) is 67.8 Å². The van der Waals surface area contributed by atoms with E-state index in [1.54, 1.807) is 17.1 Å².